The van der Waals surface area contributed by atoms with Gasteiger partial charge in [-0.05, 0) is 49.9 Å². The molecule has 3 saturated carbocycles. The maximum atomic E-state index is 12.0. The van der Waals surface area contributed by atoms with Gasteiger partial charge >= 0.3 is 6.03 Å². The maximum Gasteiger partial charge on any atom is 0.321 e. The predicted molar refractivity (Wildman–Crippen MR) is 79.2 cm³/mol. The van der Waals surface area contributed by atoms with Crippen molar-refractivity contribution in [2.75, 3.05) is 11.9 Å². The largest absolute Gasteiger partial charge is 0.396 e. The molecular weight excluding hydrogens is 288 g/mol. The molecule has 3 aliphatic rings. The Morgan fingerprint density at radius 1 is 1.33 bits per heavy atom. The number of aromatic nitrogens is 2. The van der Waals surface area contributed by atoms with Crippen LogP contribution in [0.5, 0.6) is 0 Å². The van der Waals surface area contributed by atoms with Gasteiger partial charge in [-0.2, -0.15) is 4.37 Å². The van der Waals surface area contributed by atoms with Gasteiger partial charge in [0.2, 0.25) is 5.13 Å². The smallest absolute Gasteiger partial charge is 0.321 e. The van der Waals surface area contributed by atoms with Crippen LogP contribution >= 0.6 is 11.5 Å². The minimum absolute atomic E-state index is 0.176. The Morgan fingerprint density at radius 3 is 2.95 bits per heavy atom. The summed E-state index contributed by atoms with van der Waals surface area (Å²) < 4.78 is 4.28. The highest BCUT2D eigenvalue weighted by molar-refractivity contribution is 7.09. The average Bonchev–Trinajstić information content (AvgIpc) is 3.12. The number of nitrogens with zero attached hydrogens (tertiary/aromatic N) is 2. The number of hydrogen-bond donors (Lipinski definition) is 3. The van der Waals surface area contributed by atoms with E-state index in [0.29, 0.717) is 28.8 Å². The molecule has 2 amide bonds. The van der Waals surface area contributed by atoms with E-state index in [4.69, 9.17) is 0 Å². The van der Waals surface area contributed by atoms with Gasteiger partial charge in [0.05, 0.1) is 0 Å². The highest BCUT2D eigenvalue weighted by atomic mass is 32.1. The Kier molecular flexibility index (Phi) is 3.34. The van der Waals surface area contributed by atoms with Crippen LogP contribution in [0.2, 0.25) is 0 Å². The van der Waals surface area contributed by atoms with E-state index in [1.54, 1.807) is 0 Å². The van der Waals surface area contributed by atoms with Crippen LogP contribution in [0.4, 0.5) is 9.93 Å². The molecule has 114 valence electrons. The van der Waals surface area contributed by atoms with E-state index >= 15 is 0 Å². The Labute approximate surface area is 127 Å². The molecular formula is C14H20N4O2S. The molecule has 0 aromatic carbocycles. The van der Waals surface area contributed by atoms with Gasteiger partial charge < -0.3 is 10.4 Å². The average molecular weight is 308 g/mol. The van der Waals surface area contributed by atoms with Crippen molar-refractivity contribution in [3.63, 3.8) is 0 Å². The molecule has 21 heavy (non-hydrogen) atoms. The minimum Gasteiger partial charge on any atom is -0.396 e. The zero-order chi connectivity index (χ0) is 14.4. The maximum absolute atomic E-state index is 12.0. The SMILES string of the molecule is O=C(Nc1nc(C2CC2)ns1)N[C@H]1C[C@H]2CC(CO)C[C@H]21. The van der Waals surface area contributed by atoms with E-state index in [1.807, 2.05) is 0 Å². The van der Waals surface area contributed by atoms with Crippen LogP contribution in [0, 0.1) is 17.8 Å². The Balaban J connectivity index is 1.28. The van der Waals surface area contributed by atoms with Crippen LogP contribution in [0.25, 0.3) is 0 Å². The van der Waals surface area contributed by atoms with Crippen LogP contribution in [0.15, 0.2) is 0 Å². The number of anilines is 1. The highest BCUT2D eigenvalue weighted by Gasteiger charge is 2.47. The number of hydrogen-bond acceptors (Lipinski definition) is 5. The van der Waals surface area contributed by atoms with Crippen molar-refractivity contribution in [3.8, 4) is 0 Å². The lowest BCUT2D eigenvalue weighted by Gasteiger charge is -2.40. The summed E-state index contributed by atoms with van der Waals surface area (Å²) >= 11 is 1.26. The molecule has 0 aliphatic heterocycles. The molecule has 4 atom stereocenters. The second kappa shape index (κ2) is 5.21. The summed E-state index contributed by atoms with van der Waals surface area (Å²) in [5.74, 6) is 3.06. The van der Waals surface area contributed by atoms with Gasteiger partial charge in [-0.3, -0.25) is 5.32 Å². The van der Waals surface area contributed by atoms with Gasteiger partial charge in [0, 0.05) is 30.1 Å². The monoisotopic (exact) mass is 308 g/mol. The molecule has 1 unspecified atom stereocenters. The lowest BCUT2D eigenvalue weighted by molar-refractivity contribution is 0.144. The first-order valence-electron chi connectivity index (χ1n) is 7.75. The van der Waals surface area contributed by atoms with Crippen LogP contribution < -0.4 is 10.6 Å². The van der Waals surface area contributed by atoms with Crippen molar-refractivity contribution in [1.29, 1.82) is 0 Å². The van der Waals surface area contributed by atoms with Crippen LogP contribution in [-0.2, 0) is 0 Å². The van der Waals surface area contributed by atoms with Gasteiger partial charge in [0.1, 0.15) is 5.82 Å². The number of rotatable bonds is 4. The first-order valence-corrected chi connectivity index (χ1v) is 8.52. The molecule has 1 aromatic heterocycles. The van der Waals surface area contributed by atoms with E-state index in [2.05, 4.69) is 20.0 Å². The number of nitrogens with one attached hydrogen (secondary N) is 2. The van der Waals surface area contributed by atoms with Gasteiger partial charge in [-0.15, -0.1) is 0 Å². The Morgan fingerprint density at radius 2 is 2.19 bits per heavy atom. The fraction of sp³-hybridized carbons (Fsp3) is 0.786. The summed E-state index contributed by atoms with van der Waals surface area (Å²) in [7, 11) is 0. The molecule has 1 heterocycles. The van der Waals surface area contributed by atoms with E-state index < -0.39 is 0 Å². The molecule has 7 heteroatoms. The first-order chi connectivity index (χ1) is 10.2. The van der Waals surface area contributed by atoms with Crippen LogP contribution in [0.1, 0.15) is 43.8 Å². The molecule has 0 spiro atoms. The van der Waals surface area contributed by atoms with Gasteiger partial charge in [0.15, 0.2) is 0 Å². The number of aliphatic hydroxyl groups is 1. The topological polar surface area (TPSA) is 87.1 Å². The minimum atomic E-state index is -0.176. The molecule has 3 fully saturated rings. The third kappa shape index (κ3) is 2.64. The van der Waals surface area contributed by atoms with Crippen LogP contribution in [0.3, 0.4) is 0 Å². The zero-order valence-corrected chi connectivity index (χ0v) is 12.6. The standard InChI is InChI=1S/C14H20N4O2S/c19-6-7-3-9-5-11(10(9)4-7)15-13(20)17-14-16-12(18-21-14)8-1-2-8/h7-11,19H,1-6H2,(H2,15,16,17,18,20)/t7?,9-,10-,11+/m1/s1. The van der Waals surface area contributed by atoms with Crippen molar-refractivity contribution < 1.29 is 9.90 Å². The van der Waals surface area contributed by atoms with E-state index in [9.17, 15) is 9.90 Å². The quantitative estimate of drug-likeness (QED) is 0.793. The predicted octanol–water partition coefficient (Wildman–Crippen LogP) is 1.94. The Bertz CT molecular complexity index is 545. The summed E-state index contributed by atoms with van der Waals surface area (Å²) in [6.45, 7) is 0.278. The lowest BCUT2D eigenvalue weighted by atomic mass is 9.71. The number of carbonyl (C=O) groups is 1. The second-order valence-electron chi connectivity index (χ2n) is 6.62. The van der Waals surface area contributed by atoms with Gasteiger partial charge in [-0.1, -0.05) is 0 Å². The normalized spacial score (nSPS) is 34.1. The van der Waals surface area contributed by atoms with E-state index in [1.165, 1.54) is 24.4 Å². The van der Waals surface area contributed by atoms with E-state index in [-0.39, 0.29) is 18.7 Å². The Hall–Kier alpha value is -1.21. The van der Waals surface area contributed by atoms with Gasteiger partial charge in [-0.25, -0.2) is 9.78 Å². The van der Waals surface area contributed by atoms with Crippen molar-refractivity contribution in [2.45, 2.75) is 44.1 Å². The second-order valence-corrected chi connectivity index (χ2v) is 7.37. The molecule has 0 bridgehead atoms. The molecule has 6 nitrogen and oxygen atoms in total. The third-order valence-electron chi connectivity index (χ3n) is 5.10. The molecule has 0 radical (unpaired) electrons. The lowest BCUT2D eigenvalue weighted by Crippen LogP contribution is -2.51. The highest BCUT2D eigenvalue weighted by Crippen LogP contribution is 2.49. The fourth-order valence-electron chi connectivity index (χ4n) is 3.76. The number of carbonyl (C=O) groups excluding carboxylic acids is 1. The van der Waals surface area contributed by atoms with Gasteiger partial charge in [0.25, 0.3) is 0 Å². The third-order valence-corrected chi connectivity index (χ3v) is 5.74. The molecule has 4 rings (SSSR count). The van der Waals surface area contributed by atoms with Crippen LogP contribution in [-0.4, -0.2) is 33.1 Å². The summed E-state index contributed by atoms with van der Waals surface area (Å²) in [5.41, 5.74) is 0. The van der Waals surface area contributed by atoms with Crippen molar-refractivity contribution in [1.82, 2.24) is 14.7 Å². The number of fused-ring (bicyclic) bond motifs is 1. The molecule has 3 aliphatic carbocycles. The summed E-state index contributed by atoms with van der Waals surface area (Å²) in [4.78, 5) is 16.4. The number of urea groups is 1. The fourth-order valence-corrected chi connectivity index (χ4v) is 4.40. The zero-order valence-electron chi connectivity index (χ0n) is 11.8. The van der Waals surface area contributed by atoms with Crippen molar-refractivity contribution >= 4 is 22.7 Å². The molecule has 1 aromatic rings. The molecule has 3 N–H and O–H groups in total. The number of aliphatic hydroxyl groups excluding tert-OH is 1. The summed E-state index contributed by atoms with van der Waals surface area (Å²) in [6.07, 6.45) is 5.52. The van der Waals surface area contributed by atoms with Crippen molar-refractivity contribution in [3.05, 3.63) is 5.82 Å². The summed E-state index contributed by atoms with van der Waals surface area (Å²) in [6, 6.07) is 0.0757. The van der Waals surface area contributed by atoms with Crippen molar-refractivity contribution in [2.24, 2.45) is 17.8 Å². The van der Waals surface area contributed by atoms with E-state index in [0.717, 1.165) is 25.1 Å². The first kappa shape index (κ1) is 13.5. The summed E-state index contributed by atoms with van der Waals surface area (Å²) in [5, 5.41) is 15.7. The number of amides is 2. The molecule has 0 saturated heterocycles.